The van der Waals surface area contributed by atoms with E-state index in [9.17, 15) is 4.79 Å². The Kier molecular flexibility index (Phi) is 7.00. The number of aromatic nitrogens is 5. The summed E-state index contributed by atoms with van der Waals surface area (Å²) in [4.78, 5) is 18.3. The Balaban J connectivity index is 1.73. The van der Waals surface area contributed by atoms with Crippen molar-refractivity contribution in [3.8, 4) is 0 Å². The summed E-state index contributed by atoms with van der Waals surface area (Å²) < 4.78 is 12.6. The summed E-state index contributed by atoms with van der Waals surface area (Å²) in [5.74, 6) is 1.55. The van der Waals surface area contributed by atoms with Crippen LogP contribution in [0.25, 0.3) is 10.9 Å². The second-order valence-electron chi connectivity index (χ2n) is 8.33. The Hall–Kier alpha value is -3.30. The lowest BCUT2D eigenvalue weighted by Gasteiger charge is -2.29. The van der Waals surface area contributed by atoms with Crippen LogP contribution in [0.2, 0.25) is 0 Å². The topological polar surface area (TPSA) is 102 Å². The molecule has 0 fully saturated rings. The van der Waals surface area contributed by atoms with E-state index < -0.39 is 0 Å². The normalized spacial score (nSPS) is 12.6. The average molecular weight is 451 g/mol. The summed E-state index contributed by atoms with van der Waals surface area (Å²) in [6, 6.07) is 9.82. The Labute approximate surface area is 192 Å². The molecule has 1 aromatic carbocycles. The Bertz CT molecular complexity index is 1260. The van der Waals surface area contributed by atoms with Crippen LogP contribution in [0.3, 0.4) is 0 Å². The third-order valence-electron chi connectivity index (χ3n) is 5.89. The highest BCUT2D eigenvalue weighted by molar-refractivity contribution is 5.83. The second-order valence-corrected chi connectivity index (χ2v) is 8.33. The van der Waals surface area contributed by atoms with E-state index in [0.717, 1.165) is 40.0 Å². The van der Waals surface area contributed by atoms with Crippen LogP contribution in [0.4, 0.5) is 0 Å². The van der Waals surface area contributed by atoms with Gasteiger partial charge in [-0.3, -0.25) is 9.69 Å². The van der Waals surface area contributed by atoms with E-state index in [-0.39, 0.29) is 11.6 Å². The number of aromatic amines is 1. The van der Waals surface area contributed by atoms with Gasteiger partial charge in [0.2, 0.25) is 0 Å². The lowest BCUT2D eigenvalue weighted by atomic mass is 10.0. The van der Waals surface area contributed by atoms with Crippen molar-refractivity contribution in [1.29, 1.82) is 0 Å². The van der Waals surface area contributed by atoms with E-state index in [4.69, 9.17) is 9.15 Å². The Morgan fingerprint density at radius 3 is 2.82 bits per heavy atom. The predicted molar refractivity (Wildman–Crippen MR) is 125 cm³/mol. The number of tetrazole rings is 1. The molecule has 0 saturated carbocycles. The van der Waals surface area contributed by atoms with Crippen molar-refractivity contribution in [1.82, 2.24) is 30.1 Å². The van der Waals surface area contributed by atoms with Crippen LogP contribution in [0.1, 0.15) is 47.7 Å². The number of nitrogens with one attached hydrogen (secondary N) is 1. The first kappa shape index (κ1) is 22.9. The molecule has 0 aliphatic carbocycles. The molecule has 174 valence electrons. The summed E-state index contributed by atoms with van der Waals surface area (Å²) in [7, 11) is 1.65. The zero-order chi connectivity index (χ0) is 23.4. The average Bonchev–Trinajstić information content (AvgIpc) is 3.46. The first-order valence-corrected chi connectivity index (χ1v) is 11.1. The fraction of sp³-hybridized carbons (Fsp3) is 0.417. The number of rotatable bonds is 10. The molecule has 1 atom stereocenters. The van der Waals surface area contributed by atoms with E-state index in [0.29, 0.717) is 31.8 Å². The number of hydrogen-bond donors (Lipinski definition) is 1. The highest BCUT2D eigenvalue weighted by atomic mass is 16.5. The van der Waals surface area contributed by atoms with Gasteiger partial charge in [-0.15, -0.1) is 5.10 Å². The number of fused-ring (bicyclic) bond motifs is 1. The number of nitrogens with zero attached hydrogens (tertiary/aromatic N) is 5. The van der Waals surface area contributed by atoms with Gasteiger partial charge in [0.05, 0.1) is 32.0 Å². The molecule has 0 spiro atoms. The van der Waals surface area contributed by atoms with E-state index >= 15 is 0 Å². The summed E-state index contributed by atoms with van der Waals surface area (Å²) in [6.07, 6.45) is 2.42. The van der Waals surface area contributed by atoms with Crippen molar-refractivity contribution in [2.75, 3.05) is 13.7 Å². The monoisotopic (exact) mass is 450 g/mol. The summed E-state index contributed by atoms with van der Waals surface area (Å²) in [6.45, 7) is 8.20. The van der Waals surface area contributed by atoms with Crippen LogP contribution in [0.5, 0.6) is 0 Å². The van der Waals surface area contributed by atoms with Gasteiger partial charge in [0.25, 0.3) is 5.56 Å². The van der Waals surface area contributed by atoms with Crippen molar-refractivity contribution < 1.29 is 9.15 Å². The second kappa shape index (κ2) is 10.1. The van der Waals surface area contributed by atoms with Gasteiger partial charge in [0, 0.05) is 30.1 Å². The SMILES string of the molecule is CCC(c1nnnn1CCOC)N(Cc1ccco1)Cc1cc2c(C)cc(C)cc2[nH]c1=O. The van der Waals surface area contributed by atoms with Gasteiger partial charge in [-0.05, 0) is 66.1 Å². The van der Waals surface area contributed by atoms with Crippen LogP contribution in [0.15, 0.2) is 45.8 Å². The molecule has 1 unspecified atom stereocenters. The maximum Gasteiger partial charge on any atom is 0.252 e. The summed E-state index contributed by atoms with van der Waals surface area (Å²) >= 11 is 0. The van der Waals surface area contributed by atoms with Gasteiger partial charge in [0.1, 0.15) is 5.76 Å². The van der Waals surface area contributed by atoms with Crippen LogP contribution >= 0.6 is 0 Å². The van der Waals surface area contributed by atoms with Crippen LogP contribution in [-0.4, -0.2) is 43.8 Å². The molecule has 0 radical (unpaired) electrons. The van der Waals surface area contributed by atoms with Gasteiger partial charge in [-0.1, -0.05) is 13.0 Å². The molecule has 3 heterocycles. The van der Waals surface area contributed by atoms with Gasteiger partial charge in [-0.25, -0.2) is 4.68 Å². The molecular formula is C24H30N6O3. The molecule has 3 aromatic heterocycles. The van der Waals surface area contributed by atoms with Crippen molar-refractivity contribution in [3.05, 3.63) is 75.2 Å². The van der Waals surface area contributed by atoms with E-state index in [2.05, 4.69) is 45.3 Å². The third-order valence-corrected chi connectivity index (χ3v) is 5.89. The first-order chi connectivity index (χ1) is 16.0. The fourth-order valence-corrected chi connectivity index (χ4v) is 4.32. The highest BCUT2D eigenvalue weighted by Crippen LogP contribution is 2.27. The van der Waals surface area contributed by atoms with E-state index in [1.54, 1.807) is 18.1 Å². The molecule has 0 aliphatic rings. The number of methoxy groups -OCH3 is 1. The first-order valence-electron chi connectivity index (χ1n) is 11.1. The molecule has 33 heavy (non-hydrogen) atoms. The highest BCUT2D eigenvalue weighted by Gasteiger charge is 2.26. The molecular weight excluding hydrogens is 420 g/mol. The number of hydrogen-bond acceptors (Lipinski definition) is 7. The fourth-order valence-electron chi connectivity index (χ4n) is 4.32. The van der Waals surface area contributed by atoms with E-state index in [1.165, 1.54) is 0 Å². The number of aryl methyl sites for hydroxylation is 2. The number of ether oxygens (including phenoxy) is 1. The minimum atomic E-state index is -0.115. The van der Waals surface area contributed by atoms with E-state index in [1.807, 2.05) is 31.2 Å². The molecule has 4 rings (SSSR count). The van der Waals surface area contributed by atoms with Crippen LogP contribution < -0.4 is 5.56 Å². The molecule has 0 aliphatic heterocycles. The zero-order valence-electron chi connectivity index (χ0n) is 19.5. The number of pyridine rings is 1. The maximum absolute atomic E-state index is 13.0. The van der Waals surface area contributed by atoms with Crippen molar-refractivity contribution in [3.63, 3.8) is 0 Å². The molecule has 1 N–H and O–H groups in total. The standard InChI is InChI=1S/C24H30N6O3/c1-5-22(23-26-27-28-30(23)8-10-32-4)29(15-19-7-6-9-33-19)14-18-13-20-17(3)11-16(2)12-21(20)25-24(18)31/h6-7,9,11-13,22H,5,8,10,14-15H2,1-4H3,(H,25,31). The summed E-state index contributed by atoms with van der Waals surface area (Å²) in [5.41, 5.74) is 3.71. The predicted octanol–water partition coefficient (Wildman–Crippen LogP) is 3.52. The molecule has 4 aromatic rings. The van der Waals surface area contributed by atoms with Crippen molar-refractivity contribution in [2.24, 2.45) is 0 Å². The lowest BCUT2D eigenvalue weighted by Crippen LogP contribution is -2.32. The molecule has 9 heteroatoms. The smallest absolute Gasteiger partial charge is 0.252 e. The van der Waals surface area contributed by atoms with Crippen molar-refractivity contribution in [2.45, 2.75) is 52.9 Å². The van der Waals surface area contributed by atoms with Crippen molar-refractivity contribution >= 4 is 10.9 Å². The number of benzene rings is 1. The quantitative estimate of drug-likeness (QED) is 0.394. The third kappa shape index (κ3) is 5.04. The number of furan rings is 1. The molecule has 0 saturated heterocycles. The minimum Gasteiger partial charge on any atom is -0.468 e. The van der Waals surface area contributed by atoms with Gasteiger partial charge in [-0.2, -0.15) is 0 Å². The molecule has 0 amide bonds. The molecule has 9 nitrogen and oxygen atoms in total. The Morgan fingerprint density at radius 2 is 2.09 bits per heavy atom. The van der Waals surface area contributed by atoms with Crippen LogP contribution in [-0.2, 0) is 24.4 Å². The summed E-state index contributed by atoms with van der Waals surface area (Å²) in [5, 5.41) is 13.4. The van der Waals surface area contributed by atoms with Gasteiger partial charge < -0.3 is 14.1 Å². The maximum atomic E-state index is 13.0. The van der Waals surface area contributed by atoms with Gasteiger partial charge >= 0.3 is 0 Å². The Morgan fingerprint density at radius 1 is 1.24 bits per heavy atom. The zero-order valence-corrected chi connectivity index (χ0v) is 19.5. The van der Waals surface area contributed by atoms with Gasteiger partial charge in [0.15, 0.2) is 5.82 Å². The van der Waals surface area contributed by atoms with Crippen LogP contribution in [0, 0.1) is 13.8 Å². The minimum absolute atomic E-state index is 0.0919. The lowest BCUT2D eigenvalue weighted by molar-refractivity contribution is 0.142. The number of H-pyrrole nitrogens is 1. The molecule has 0 bridgehead atoms. The largest absolute Gasteiger partial charge is 0.468 e.